The van der Waals surface area contributed by atoms with E-state index in [1.165, 1.54) is 0 Å². The molecule has 0 atom stereocenters. The number of aliphatic imine (C=N–C) groups is 1. The first-order valence-electron chi connectivity index (χ1n) is 8.23. The molecule has 0 bridgehead atoms. The lowest BCUT2D eigenvalue weighted by atomic mass is 10.1. The van der Waals surface area contributed by atoms with Gasteiger partial charge < -0.3 is 13.9 Å². The number of hydrogen-bond acceptors (Lipinski definition) is 7. The Morgan fingerprint density at radius 3 is 2.81 bits per heavy atom. The molecule has 0 unspecified atom stereocenters. The molecular weight excluding hydrogens is 332 g/mol. The Kier molecular flexibility index (Phi) is 4.12. The fourth-order valence-electron chi connectivity index (χ4n) is 2.97. The molecule has 7 heteroatoms. The Hall–Kier alpha value is -3.22. The van der Waals surface area contributed by atoms with Gasteiger partial charge in [0.1, 0.15) is 11.4 Å². The van der Waals surface area contributed by atoms with Crippen molar-refractivity contribution in [2.24, 2.45) is 4.99 Å². The molecule has 4 rings (SSSR count). The summed E-state index contributed by atoms with van der Waals surface area (Å²) in [6.07, 6.45) is 2.95. The van der Waals surface area contributed by atoms with Crippen LogP contribution in [0, 0.1) is 6.92 Å². The maximum atomic E-state index is 5.82. The molecule has 0 aliphatic carbocycles. The fraction of sp³-hybridized carbons (Fsp3) is 0.263. The molecule has 0 saturated heterocycles. The van der Waals surface area contributed by atoms with Crippen molar-refractivity contribution in [3.05, 3.63) is 47.5 Å². The number of hydrogen-bond donors (Lipinski definition) is 0. The third-order valence-electron chi connectivity index (χ3n) is 4.31. The first-order chi connectivity index (χ1) is 12.7. The summed E-state index contributed by atoms with van der Waals surface area (Å²) in [5, 5.41) is 8.31. The minimum atomic E-state index is 0.466. The molecule has 0 N–H and O–H groups in total. The molecule has 132 valence electrons. The highest BCUT2D eigenvalue weighted by atomic mass is 16.5. The second-order valence-corrected chi connectivity index (χ2v) is 6.04. The van der Waals surface area contributed by atoms with Crippen molar-refractivity contribution >= 4 is 11.4 Å². The summed E-state index contributed by atoms with van der Waals surface area (Å²) < 4.78 is 16.4. The zero-order valence-electron chi connectivity index (χ0n) is 14.8. The van der Waals surface area contributed by atoms with Crippen molar-refractivity contribution < 1.29 is 13.9 Å². The summed E-state index contributed by atoms with van der Waals surface area (Å²) in [5.41, 5.74) is 4.70. The highest BCUT2D eigenvalue weighted by molar-refractivity contribution is 5.95. The smallest absolute Gasteiger partial charge is 0.247 e. The number of benzene rings is 1. The number of methoxy groups -OCH3 is 2. The molecule has 26 heavy (non-hydrogen) atoms. The normalized spacial score (nSPS) is 12.7. The Morgan fingerprint density at radius 2 is 2.00 bits per heavy atom. The van der Waals surface area contributed by atoms with E-state index in [-0.39, 0.29) is 0 Å². The van der Waals surface area contributed by atoms with Crippen LogP contribution in [-0.2, 0) is 12.8 Å². The van der Waals surface area contributed by atoms with Gasteiger partial charge in [-0.2, -0.15) is 0 Å². The number of aryl methyl sites for hydroxylation is 1. The van der Waals surface area contributed by atoms with Gasteiger partial charge in [0.25, 0.3) is 0 Å². The number of fused-ring (bicyclic) bond motifs is 1. The van der Waals surface area contributed by atoms with E-state index in [0.717, 1.165) is 40.3 Å². The summed E-state index contributed by atoms with van der Waals surface area (Å²) in [6.45, 7) is 1.99. The number of rotatable bonds is 5. The molecule has 0 amide bonds. The fourth-order valence-corrected chi connectivity index (χ4v) is 2.97. The number of pyridine rings is 1. The van der Waals surface area contributed by atoms with E-state index in [4.69, 9.17) is 13.9 Å². The van der Waals surface area contributed by atoms with Crippen LogP contribution in [0.3, 0.4) is 0 Å². The highest BCUT2D eigenvalue weighted by Crippen LogP contribution is 2.35. The number of aromatic nitrogens is 3. The molecule has 3 aromatic rings. The van der Waals surface area contributed by atoms with Gasteiger partial charge in [0.15, 0.2) is 0 Å². The summed E-state index contributed by atoms with van der Waals surface area (Å²) in [5.74, 6) is 2.32. The van der Waals surface area contributed by atoms with Crippen molar-refractivity contribution in [1.82, 2.24) is 15.2 Å². The first kappa shape index (κ1) is 16.3. The Morgan fingerprint density at radius 1 is 1.12 bits per heavy atom. The molecule has 2 aromatic heterocycles. The minimum Gasteiger partial charge on any atom is -0.496 e. The van der Waals surface area contributed by atoms with Crippen LogP contribution in [-0.4, -0.2) is 35.1 Å². The summed E-state index contributed by atoms with van der Waals surface area (Å²) in [4.78, 5) is 8.80. The lowest BCUT2D eigenvalue weighted by Gasteiger charge is -2.04. The van der Waals surface area contributed by atoms with E-state index in [1.807, 2.05) is 31.2 Å². The molecule has 0 spiro atoms. The maximum absolute atomic E-state index is 5.82. The molecule has 1 aliphatic heterocycles. The van der Waals surface area contributed by atoms with E-state index in [0.29, 0.717) is 24.1 Å². The van der Waals surface area contributed by atoms with Gasteiger partial charge in [-0.1, -0.05) is 6.07 Å². The van der Waals surface area contributed by atoms with E-state index >= 15 is 0 Å². The second-order valence-electron chi connectivity index (χ2n) is 6.04. The summed E-state index contributed by atoms with van der Waals surface area (Å²) in [6, 6.07) is 7.75. The van der Waals surface area contributed by atoms with Crippen LogP contribution in [0.15, 0.2) is 39.9 Å². The molecule has 0 saturated carbocycles. The molecule has 1 aromatic carbocycles. The monoisotopic (exact) mass is 350 g/mol. The van der Waals surface area contributed by atoms with Gasteiger partial charge >= 0.3 is 0 Å². The molecular formula is C19H18N4O3. The van der Waals surface area contributed by atoms with E-state index in [9.17, 15) is 0 Å². The summed E-state index contributed by atoms with van der Waals surface area (Å²) >= 11 is 0. The molecule has 3 heterocycles. The van der Waals surface area contributed by atoms with Crippen LogP contribution in [0.5, 0.6) is 11.6 Å². The van der Waals surface area contributed by atoms with Crippen LogP contribution in [0.25, 0.3) is 11.5 Å². The lowest BCUT2D eigenvalue weighted by Crippen LogP contribution is -2.02. The standard InChI is InChI=1S/C19H18N4O3/c1-11-4-5-13(9-15(11)24-2)18-23-22-16(26-18)10-14-8-12-6-7-20-19(25-3)17(12)21-14/h4-7,9H,8,10H2,1-3H3. The van der Waals surface area contributed by atoms with Crippen LogP contribution in [0.2, 0.25) is 0 Å². The Bertz CT molecular complexity index is 994. The first-order valence-corrected chi connectivity index (χ1v) is 8.23. The molecule has 0 fully saturated rings. The predicted octanol–water partition coefficient (Wildman–Crippen LogP) is 3.33. The second kappa shape index (κ2) is 6.59. The Balaban J connectivity index is 1.55. The van der Waals surface area contributed by atoms with Crippen molar-refractivity contribution in [3.63, 3.8) is 0 Å². The number of nitrogens with zero attached hydrogens (tertiary/aromatic N) is 4. The van der Waals surface area contributed by atoms with E-state index in [1.54, 1.807) is 20.4 Å². The average molecular weight is 350 g/mol. The van der Waals surface area contributed by atoms with Crippen molar-refractivity contribution in [1.29, 1.82) is 0 Å². The van der Waals surface area contributed by atoms with E-state index < -0.39 is 0 Å². The quantitative estimate of drug-likeness (QED) is 0.702. The number of ether oxygens (including phenoxy) is 2. The molecule has 0 radical (unpaired) electrons. The van der Waals surface area contributed by atoms with Crippen LogP contribution >= 0.6 is 0 Å². The van der Waals surface area contributed by atoms with Gasteiger partial charge in [-0.05, 0) is 36.2 Å². The van der Waals surface area contributed by atoms with Gasteiger partial charge in [-0.3, -0.25) is 4.99 Å². The largest absolute Gasteiger partial charge is 0.496 e. The predicted molar refractivity (Wildman–Crippen MR) is 96.3 cm³/mol. The molecule has 7 nitrogen and oxygen atoms in total. The van der Waals surface area contributed by atoms with Crippen molar-refractivity contribution in [2.45, 2.75) is 19.8 Å². The lowest BCUT2D eigenvalue weighted by molar-refractivity contribution is 0.399. The minimum absolute atomic E-state index is 0.466. The maximum Gasteiger partial charge on any atom is 0.247 e. The van der Waals surface area contributed by atoms with Gasteiger partial charge in [0.2, 0.25) is 17.7 Å². The van der Waals surface area contributed by atoms with Crippen LogP contribution in [0.1, 0.15) is 17.0 Å². The van der Waals surface area contributed by atoms with Gasteiger partial charge in [-0.25, -0.2) is 4.98 Å². The highest BCUT2D eigenvalue weighted by Gasteiger charge is 2.21. The van der Waals surface area contributed by atoms with Crippen LogP contribution < -0.4 is 9.47 Å². The van der Waals surface area contributed by atoms with Crippen molar-refractivity contribution in [2.75, 3.05) is 14.2 Å². The van der Waals surface area contributed by atoms with Gasteiger partial charge in [0, 0.05) is 23.9 Å². The van der Waals surface area contributed by atoms with E-state index in [2.05, 4.69) is 20.2 Å². The molecule has 1 aliphatic rings. The van der Waals surface area contributed by atoms with Crippen LogP contribution in [0.4, 0.5) is 5.69 Å². The third-order valence-corrected chi connectivity index (χ3v) is 4.31. The van der Waals surface area contributed by atoms with Gasteiger partial charge in [0.05, 0.1) is 20.6 Å². The van der Waals surface area contributed by atoms with Crippen molar-refractivity contribution in [3.8, 4) is 23.1 Å². The third kappa shape index (κ3) is 2.92. The SMILES string of the molecule is COc1cc(-c2nnc(CC3=Nc4c(ccnc4OC)C3)o2)ccc1C. The Labute approximate surface area is 150 Å². The summed E-state index contributed by atoms with van der Waals surface area (Å²) in [7, 11) is 3.24. The average Bonchev–Trinajstić information content (AvgIpc) is 3.28. The zero-order chi connectivity index (χ0) is 18.1. The topological polar surface area (TPSA) is 82.6 Å². The van der Waals surface area contributed by atoms with Gasteiger partial charge in [-0.15, -0.1) is 10.2 Å². The zero-order valence-corrected chi connectivity index (χ0v) is 14.8.